The van der Waals surface area contributed by atoms with Crippen molar-refractivity contribution in [3.8, 4) is 0 Å². The van der Waals surface area contributed by atoms with Gasteiger partial charge in [0.1, 0.15) is 38.8 Å². The van der Waals surface area contributed by atoms with Gasteiger partial charge in [-0.1, -0.05) is 18.2 Å². The van der Waals surface area contributed by atoms with Crippen molar-refractivity contribution < 1.29 is 15.3 Å². The number of aliphatic hydroxyl groups is 1. The van der Waals surface area contributed by atoms with Gasteiger partial charge in [-0.05, 0) is 17.5 Å². The summed E-state index contributed by atoms with van der Waals surface area (Å²) in [5.41, 5.74) is 1.21. The van der Waals surface area contributed by atoms with Crippen molar-refractivity contribution in [1.82, 2.24) is 4.57 Å². The highest BCUT2D eigenvalue weighted by atomic mass is 16.3. The Kier molecular flexibility index (Phi) is 3.82. The number of piperazine rings is 1. The normalized spacial score (nSPS) is 18.8. The minimum absolute atomic E-state index is 0.260. The van der Waals surface area contributed by atoms with Crippen LogP contribution in [-0.2, 0) is 6.54 Å². The first-order valence-electron chi connectivity index (χ1n) is 7.20. The van der Waals surface area contributed by atoms with Crippen molar-refractivity contribution in [1.29, 1.82) is 0 Å². The molecule has 102 valence electrons. The summed E-state index contributed by atoms with van der Waals surface area (Å²) in [5.74, 6) is 0. The molecule has 0 radical (unpaired) electrons. The number of benzene rings is 1. The van der Waals surface area contributed by atoms with E-state index >= 15 is 0 Å². The predicted octanol–water partition coefficient (Wildman–Crippen LogP) is -1.54. The zero-order chi connectivity index (χ0) is 13.1. The molecule has 0 spiro atoms. The lowest BCUT2D eigenvalue weighted by molar-refractivity contribution is -0.949. The van der Waals surface area contributed by atoms with Crippen molar-refractivity contribution in [2.45, 2.75) is 12.6 Å². The number of quaternary nitrogens is 2. The van der Waals surface area contributed by atoms with Crippen molar-refractivity contribution >= 4 is 10.9 Å². The number of nitrogens with zero attached hydrogens (tertiary/aromatic N) is 1. The molecule has 2 heterocycles. The SMILES string of the molecule is O[C@@H](Cn1ccc2ccccc21)C[NH+]1CC[NH2+]CC1. The summed E-state index contributed by atoms with van der Waals surface area (Å²) in [4.78, 5) is 1.53. The van der Waals surface area contributed by atoms with Crippen LogP contribution >= 0.6 is 0 Å². The molecule has 4 nitrogen and oxygen atoms in total. The maximum absolute atomic E-state index is 10.3. The third kappa shape index (κ3) is 2.97. The maximum atomic E-state index is 10.3. The number of aliphatic hydroxyl groups excluding tert-OH is 1. The number of hydrogen-bond acceptors (Lipinski definition) is 1. The Balaban J connectivity index is 1.63. The van der Waals surface area contributed by atoms with E-state index in [1.165, 1.54) is 42.0 Å². The minimum atomic E-state index is -0.260. The second-order valence-corrected chi connectivity index (χ2v) is 5.50. The first-order valence-corrected chi connectivity index (χ1v) is 7.20. The second kappa shape index (κ2) is 5.74. The topological polar surface area (TPSA) is 46.2 Å². The first-order chi connectivity index (χ1) is 9.33. The molecule has 1 aromatic carbocycles. The van der Waals surface area contributed by atoms with Crippen LogP contribution < -0.4 is 10.2 Å². The fraction of sp³-hybridized carbons (Fsp3) is 0.467. The second-order valence-electron chi connectivity index (χ2n) is 5.50. The highest BCUT2D eigenvalue weighted by Gasteiger charge is 2.19. The van der Waals surface area contributed by atoms with Gasteiger partial charge in [0.05, 0.1) is 6.54 Å². The average Bonchev–Trinajstić information content (AvgIpc) is 2.83. The highest BCUT2D eigenvalue weighted by Crippen LogP contribution is 2.15. The zero-order valence-corrected chi connectivity index (χ0v) is 11.3. The summed E-state index contributed by atoms with van der Waals surface area (Å²) in [6.45, 7) is 6.27. The molecule has 0 aliphatic carbocycles. The van der Waals surface area contributed by atoms with Crippen molar-refractivity contribution in [3.63, 3.8) is 0 Å². The summed E-state index contributed by atoms with van der Waals surface area (Å²) in [5, 5.41) is 13.9. The smallest absolute Gasteiger partial charge is 0.127 e. The van der Waals surface area contributed by atoms with E-state index < -0.39 is 0 Å². The number of aromatic nitrogens is 1. The predicted molar refractivity (Wildman–Crippen MR) is 75.2 cm³/mol. The van der Waals surface area contributed by atoms with Crippen molar-refractivity contribution in [3.05, 3.63) is 36.5 Å². The Hall–Kier alpha value is -1.36. The van der Waals surface area contributed by atoms with Gasteiger partial charge in [-0.3, -0.25) is 0 Å². The number of nitrogens with one attached hydrogen (secondary N) is 1. The molecular weight excluding hydrogens is 238 g/mol. The van der Waals surface area contributed by atoms with Gasteiger partial charge in [-0.25, -0.2) is 0 Å². The summed E-state index contributed by atoms with van der Waals surface area (Å²) in [6.07, 6.45) is 1.82. The lowest BCUT2D eigenvalue weighted by atomic mass is 10.2. The van der Waals surface area contributed by atoms with E-state index in [2.05, 4.69) is 46.4 Å². The molecule has 0 unspecified atom stereocenters. The van der Waals surface area contributed by atoms with E-state index in [1.807, 2.05) is 0 Å². The molecule has 1 aliphatic rings. The highest BCUT2D eigenvalue weighted by molar-refractivity contribution is 5.79. The molecular formula is C15H23N3O+2. The van der Waals surface area contributed by atoms with Gasteiger partial charge in [0, 0.05) is 11.7 Å². The lowest BCUT2D eigenvalue weighted by Crippen LogP contribution is -3.21. The van der Waals surface area contributed by atoms with E-state index in [1.54, 1.807) is 0 Å². The summed E-state index contributed by atoms with van der Waals surface area (Å²) >= 11 is 0. The quantitative estimate of drug-likeness (QED) is 0.614. The molecule has 3 rings (SSSR count). The molecule has 0 saturated carbocycles. The average molecular weight is 261 g/mol. The molecule has 0 amide bonds. The number of hydrogen-bond donors (Lipinski definition) is 3. The largest absolute Gasteiger partial charge is 0.385 e. The number of fused-ring (bicyclic) bond motifs is 1. The molecule has 1 aliphatic heterocycles. The zero-order valence-electron chi connectivity index (χ0n) is 11.3. The van der Waals surface area contributed by atoms with Crippen LogP contribution in [0.4, 0.5) is 0 Å². The Labute approximate surface area is 113 Å². The number of para-hydroxylation sites is 1. The molecule has 19 heavy (non-hydrogen) atoms. The van der Waals surface area contributed by atoms with E-state index in [0.717, 1.165) is 6.54 Å². The van der Waals surface area contributed by atoms with Crippen LogP contribution in [0.3, 0.4) is 0 Å². The van der Waals surface area contributed by atoms with Crippen molar-refractivity contribution in [2.75, 3.05) is 32.7 Å². The van der Waals surface area contributed by atoms with Gasteiger partial charge >= 0.3 is 0 Å². The fourth-order valence-electron chi connectivity index (χ4n) is 3.01. The monoisotopic (exact) mass is 261 g/mol. The fourth-order valence-corrected chi connectivity index (χ4v) is 3.01. The summed E-state index contributed by atoms with van der Waals surface area (Å²) < 4.78 is 2.16. The number of rotatable bonds is 4. The van der Waals surface area contributed by atoms with Crippen LogP contribution in [-0.4, -0.2) is 48.5 Å². The Morgan fingerprint density at radius 3 is 2.84 bits per heavy atom. The Morgan fingerprint density at radius 1 is 1.21 bits per heavy atom. The molecule has 1 fully saturated rings. The van der Waals surface area contributed by atoms with Crippen LogP contribution in [0.2, 0.25) is 0 Å². The Morgan fingerprint density at radius 2 is 2.00 bits per heavy atom. The summed E-state index contributed by atoms with van der Waals surface area (Å²) in [7, 11) is 0. The van der Waals surface area contributed by atoms with E-state index in [0.29, 0.717) is 6.54 Å². The molecule has 1 saturated heterocycles. The third-order valence-corrected chi connectivity index (χ3v) is 4.02. The van der Waals surface area contributed by atoms with Crippen LogP contribution in [0.25, 0.3) is 10.9 Å². The van der Waals surface area contributed by atoms with Crippen LogP contribution in [0, 0.1) is 0 Å². The van der Waals surface area contributed by atoms with E-state index in [9.17, 15) is 5.11 Å². The van der Waals surface area contributed by atoms with Crippen LogP contribution in [0.5, 0.6) is 0 Å². The van der Waals surface area contributed by atoms with Gasteiger partial charge in [0.2, 0.25) is 0 Å². The van der Waals surface area contributed by atoms with E-state index in [-0.39, 0.29) is 6.10 Å². The summed E-state index contributed by atoms with van der Waals surface area (Å²) in [6, 6.07) is 10.5. The van der Waals surface area contributed by atoms with Gasteiger partial charge < -0.3 is 19.9 Å². The Bertz CT molecular complexity index is 531. The third-order valence-electron chi connectivity index (χ3n) is 4.02. The van der Waals surface area contributed by atoms with Gasteiger partial charge in [-0.2, -0.15) is 0 Å². The standard InChI is InChI=1S/C15H21N3O/c19-14(11-17-9-6-16-7-10-17)12-18-8-5-13-3-1-2-4-15(13)18/h1-5,8,14,16,19H,6-7,9-12H2/p+2/t14-/m1/s1. The molecule has 4 N–H and O–H groups in total. The lowest BCUT2D eigenvalue weighted by Gasteiger charge is -2.24. The van der Waals surface area contributed by atoms with Gasteiger partial charge in [0.15, 0.2) is 0 Å². The maximum Gasteiger partial charge on any atom is 0.127 e. The molecule has 4 heteroatoms. The first kappa shape index (κ1) is 12.7. The molecule has 1 aromatic heterocycles. The van der Waals surface area contributed by atoms with E-state index in [4.69, 9.17) is 0 Å². The van der Waals surface area contributed by atoms with Gasteiger partial charge in [-0.15, -0.1) is 0 Å². The molecule has 0 bridgehead atoms. The van der Waals surface area contributed by atoms with Crippen LogP contribution in [0.15, 0.2) is 36.5 Å². The van der Waals surface area contributed by atoms with Gasteiger partial charge in [0.25, 0.3) is 0 Å². The van der Waals surface area contributed by atoms with Crippen molar-refractivity contribution in [2.24, 2.45) is 0 Å². The molecule has 1 atom stereocenters. The number of nitrogens with two attached hydrogens (primary N) is 1. The molecule has 2 aromatic rings. The minimum Gasteiger partial charge on any atom is -0.385 e. The van der Waals surface area contributed by atoms with Crippen LogP contribution in [0.1, 0.15) is 0 Å².